The van der Waals surface area contributed by atoms with Crippen LogP contribution in [0.3, 0.4) is 0 Å². The predicted octanol–water partition coefficient (Wildman–Crippen LogP) is 2.26. The Balaban J connectivity index is 2.42. The van der Waals surface area contributed by atoms with Crippen molar-refractivity contribution in [2.75, 3.05) is 17.6 Å². The molecule has 0 fully saturated rings. The van der Waals surface area contributed by atoms with Crippen LogP contribution in [0.4, 0.5) is 11.4 Å². The number of nitrogens with two attached hydrogens (primary N) is 1. The van der Waals surface area contributed by atoms with E-state index in [4.69, 9.17) is 5.73 Å². The van der Waals surface area contributed by atoms with Crippen LogP contribution in [-0.2, 0) is 0 Å². The van der Waals surface area contributed by atoms with E-state index in [-0.39, 0.29) is 0 Å². The minimum Gasteiger partial charge on any atom is -0.399 e. The van der Waals surface area contributed by atoms with Gasteiger partial charge in [-0.3, -0.25) is 0 Å². The van der Waals surface area contributed by atoms with Crippen molar-refractivity contribution in [2.45, 2.75) is 6.42 Å². The standard InChI is InChI=1S/C10H14N2/c1-2-3-8-12-10-6-4-9(11)5-7-10/h2,4-7,12H,1,3,8,11H2. The van der Waals surface area contributed by atoms with Crippen molar-refractivity contribution in [3.8, 4) is 0 Å². The first-order valence-corrected chi connectivity index (χ1v) is 4.03. The Labute approximate surface area is 73.1 Å². The summed E-state index contributed by atoms with van der Waals surface area (Å²) < 4.78 is 0. The molecule has 0 saturated heterocycles. The van der Waals surface area contributed by atoms with Gasteiger partial charge < -0.3 is 11.1 Å². The van der Waals surface area contributed by atoms with E-state index in [1.165, 1.54) is 0 Å². The Morgan fingerprint density at radius 3 is 2.58 bits per heavy atom. The minimum absolute atomic E-state index is 0.796. The molecule has 0 aliphatic rings. The van der Waals surface area contributed by atoms with Crippen LogP contribution >= 0.6 is 0 Å². The molecule has 0 bridgehead atoms. The summed E-state index contributed by atoms with van der Waals surface area (Å²) in [5.41, 5.74) is 7.44. The van der Waals surface area contributed by atoms with Crippen LogP contribution in [0.1, 0.15) is 6.42 Å². The van der Waals surface area contributed by atoms with Crippen molar-refractivity contribution >= 4 is 11.4 Å². The van der Waals surface area contributed by atoms with Gasteiger partial charge in [-0.25, -0.2) is 0 Å². The van der Waals surface area contributed by atoms with E-state index >= 15 is 0 Å². The summed E-state index contributed by atoms with van der Waals surface area (Å²) in [5, 5.41) is 3.25. The number of anilines is 2. The lowest BCUT2D eigenvalue weighted by molar-refractivity contribution is 1.07. The SMILES string of the molecule is C=CCCNc1ccc(N)cc1. The summed E-state index contributed by atoms with van der Waals surface area (Å²) in [5.74, 6) is 0. The van der Waals surface area contributed by atoms with Gasteiger partial charge in [0.2, 0.25) is 0 Å². The van der Waals surface area contributed by atoms with E-state index in [0.717, 1.165) is 24.3 Å². The Morgan fingerprint density at radius 2 is 2.00 bits per heavy atom. The molecule has 12 heavy (non-hydrogen) atoms. The van der Waals surface area contributed by atoms with Crippen molar-refractivity contribution in [3.63, 3.8) is 0 Å². The molecule has 0 radical (unpaired) electrons. The molecule has 2 heteroatoms. The molecule has 1 rings (SSSR count). The molecule has 1 aromatic rings. The summed E-state index contributed by atoms with van der Waals surface area (Å²) in [4.78, 5) is 0. The average molecular weight is 162 g/mol. The van der Waals surface area contributed by atoms with Crippen LogP contribution in [0.15, 0.2) is 36.9 Å². The minimum atomic E-state index is 0.796. The maximum absolute atomic E-state index is 5.54. The molecule has 0 atom stereocenters. The first-order chi connectivity index (χ1) is 5.83. The molecule has 0 aliphatic carbocycles. The van der Waals surface area contributed by atoms with Crippen molar-refractivity contribution < 1.29 is 0 Å². The third kappa shape index (κ3) is 2.66. The number of nitrogen functional groups attached to an aromatic ring is 1. The van der Waals surface area contributed by atoms with Gasteiger partial charge in [-0.2, -0.15) is 0 Å². The van der Waals surface area contributed by atoms with E-state index in [9.17, 15) is 0 Å². The molecule has 1 aromatic carbocycles. The second kappa shape index (κ2) is 4.44. The summed E-state index contributed by atoms with van der Waals surface area (Å²) in [6.07, 6.45) is 2.87. The first-order valence-electron chi connectivity index (χ1n) is 4.03. The number of hydrogen-bond donors (Lipinski definition) is 2. The van der Waals surface area contributed by atoms with E-state index in [2.05, 4.69) is 11.9 Å². The summed E-state index contributed by atoms with van der Waals surface area (Å²) in [6.45, 7) is 4.57. The topological polar surface area (TPSA) is 38.0 Å². The van der Waals surface area contributed by atoms with Crippen LogP contribution in [0.2, 0.25) is 0 Å². The lowest BCUT2D eigenvalue weighted by Crippen LogP contribution is -1.99. The van der Waals surface area contributed by atoms with Crippen LogP contribution in [0.25, 0.3) is 0 Å². The van der Waals surface area contributed by atoms with E-state index < -0.39 is 0 Å². The van der Waals surface area contributed by atoms with Crippen LogP contribution in [0, 0.1) is 0 Å². The maximum Gasteiger partial charge on any atom is 0.0341 e. The Hall–Kier alpha value is -1.44. The normalized spacial score (nSPS) is 9.33. The van der Waals surface area contributed by atoms with E-state index in [1.54, 1.807) is 0 Å². The molecule has 0 saturated carbocycles. The highest BCUT2D eigenvalue weighted by Crippen LogP contribution is 2.09. The number of hydrogen-bond acceptors (Lipinski definition) is 2. The highest BCUT2D eigenvalue weighted by molar-refractivity contribution is 5.51. The Bertz CT molecular complexity index is 239. The number of nitrogens with one attached hydrogen (secondary N) is 1. The quantitative estimate of drug-likeness (QED) is 0.405. The highest BCUT2D eigenvalue weighted by Gasteiger charge is 1.88. The average Bonchev–Trinajstić information content (AvgIpc) is 2.09. The fourth-order valence-electron chi connectivity index (χ4n) is 0.920. The molecule has 0 aliphatic heterocycles. The lowest BCUT2D eigenvalue weighted by atomic mass is 10.3. The predicted molar refractivity (Wildman–Crippen MR) is 54.2 cm³/mol. The molecule has 64 valence electrons. The van der Waals surface area contributed by atoms with Gasteiger partial charge in [-0.1, -0.05) is 6.08 Å². The maximum atomic E-state index is 5.54. The molecular formula is C10H14N2. The molecule has 0 spiro atoms. The zero-order valence-corrected chi connectivity index (χ0v) is 7.09. The van der Waals surface area contributed by atoms with Gasteiger partial charge in [0.25, 0.3) is 0 Å². The fraction of sp³-hybridized carbons (Fsp3) is 0.200. The zero-order valence-electron chi connectivity index (χ0n) is 7.09. The monoisotopic (exact) mass is 162 g/mol. The van der Waals surface area contributed by atoms with E-state index in [0.29, 0.717) is 0 Å². The van der Waals surface area contributed by atoms with E-state index in [1.807, 2.05) is 30.3 Å². The van der Waals surface area contributed by atoms with Crippen molar-refractivity contribution in [2.24, 2.45) is 0 Å². The van der Waals surface area contributed by atoms with Crippen molar-refractivity contribution in [1.82, 2.24) is 0 Å². The molecule has 2 nitrogen and oxygen atoms in total. The third-order valence-electron chi connectivity index (χ3n) is 1.59. The van der Waals surface area contributed by atoms with Crippen LogP contribution in [0.5, 0.6) is 0 Å². The number of benzene rings is 1. The fourth-order valence-corrected chi connectivity index (χ4v) is 0.920. The Morgan fingerprint density at radius 1 is 1.33 bits per heavy atom. The third-order valence-corrected chi connectivity index (χ3v) is 1.59. The molecule has 0 amide bonds. The highest BCUT2D eigenvalue weighted by atomic mass is 14.9. The van der Waals surface area contributed by atoms with Gasteiger partial charge >= 0.3 is 0 Å². The van der Waals surface area contributed by atoms with Gasteiger partial charge in [0.15, 0.2) is 0 Å². The Kier molecular flexibility index (Phi) is 3.20. The van der Waals surface area contributed by atoms with Gasteiger partial charge in [0, 0.05) is 17.9 Å². The molecule has 0 unspecified atom stereocenters. The number of rotatable bonds is 4. The van der Waals surface area contributed by atoms with Gasteiger partial charge in [0.1, 0.15) is 0 Å². The smallest absolute Gasteiger partial charge is 0.0341 e. The van der Waals surface area contributed by atoms with Crippen molar-refractivity contribution in [1.29, 1.82) is 0 Å². The summed E-state index contributed by atoms with van der Waals surface area (Å²) >= 11 is 0. The molecular weight excluding hydrogens is 148 g/mol. The van der Waals surface area contributed by atoms with Gasteiger partial charge in [-0.05, 0) is 30.7 Å². The van der Waals surface area contributed by atoms with Gasteiger partial charge in [-0.15, -0.1) is 6.58 Å². The van der Waals surface area contributed by atoms with Crippen LogP contribution < -0.4 is 11.1 Å². The van der Waals surface area contributed by atoms with Crippen LogP contribution in [-0.4, -0.2) is 6.54 Å². The largest absolute Gasteiger partial charge is 0.399 e. The molecule has 0 aromatic heterocycles. The second-order valence-corrected chi connectivity index (χ2v) is 2.63. The second-order valence-electron chi connectivity index (χ2n) is 2.63. The first kappa shape index (κ1) is 8.65. The zero-order chi connectivity index (χ0) is 8.81. The molecule has 0 heterocycles. The summed E-state index contributed by atoms with van der Waals surface area (Å²) in [7, 11) is 0. The van der Waals surface area contributed by atoms with Crippen molar-refractivity contribution in [3.05, 3.63) is 36.9 Å². The molecule has 3 N–H and O–H groups in total. The summed E-state index contributed by atoms with van der Waals surface area (Å²) in [6, 6.07) is 7.71. The van der Waals surface area contributed by atoms with Gasteiger partial charge in [0.05, 0.1) is 0 Å². The lowest BCUT2D eigenvalue weighted by Gasteiger charge is -2.03.